The fraction of sp³-hybridized carbons (Fsp3) is 0.500. The second-order valence-corrected chi connectivity index (χ2v) is 2.95. The molecule has 0 bridgehead atoms. The van der Waals surface area contributed by atoms with Gasteiger partial charge in [-0.1, -0.05) is 0 Å². The van der Waals surface area contributed by atoms with Crippen LogP contribution in [0.3, 0.4) is 0 Å². The number of aromatic hydroxyl groups is 1. The minimum Gasteiger partial charge on any atom is -0.493 e. The van der Waals surface area contributed by atoms with Gasteiger partial charge in [0.05, 0.1) is 0 Å². The number of nitrogens with zero attached hydrogens (tertiary/aromatic N) is 2. The molecule has 0 saturated heterocycles. The maximum Gasteiger partial charge on any atom is 0.214 e. The maximum atomic E-state index is 9.07. The summed E-state index contributed by atoms with van der Waals surface area (Å²) >= 11 is 0. The van der Waals surface area contributed by atoms with Crippen LogP contribution in [0, 0.1) is 0 Å². The third kappa shape index (κ3) is 1.71. The summed E-state index contributed by atoms with van der Waals surface area (Å²) in [5.41, 5.74) is -0.557. The van der Waals surface area contributed by atoms with Crippen LogP contribution in [-0.2, 0) is 10.3 Å². The summed E-state index contributed by atoms with van der Waals surface area (Å²) < 4.78 is 5.14. The molecular formula is C8H12N2O2. The average Bonchev–Trinajstić information content (AvgIpc) is 2.05. The Balaban J connectivity index is 3.03. The largest absolute Gasteiger partial charge is 0.493 e. The van der Waals surface area contributed by atoms with E-state index < -0.39 is 5.60 Å². The Morgan fingerprint density at radius 1 is 1.50 bits per heavy atom. The molecule has 1 rings (SSSR count). The molecule has 0 fully saturated rings. The van der Waals surface area contributed by atoms with Gasteiger partial charge in [0.1, 0.15) is 5.60 Å². The van der Waals surface area contributed by atoms with Gasteiger partial charge < -0.3 is 9.84 Å². The van der Waals surface area contributed by atoms with Crippen LogP contribution in [0.25, 0.3) is 0 Å². The lowest BCUT2D eigenvalue weighted by molar-refractivity contribution is 0.0110. The quantitative estimate of drug-likeness (QED) is 0.717. The Morgan fingerprint density at radius 3 is 2.67 bits per heavy atom. The molecule has 0 saturated carbocycles. The summed E-state index contributed by atoms with van der Waals surface area (Å²) in [6, 6.07) is 1.43. The zero-order chi connectivity index (χ0) is 9.19. The summed E-state index contributed by atoms with van der Waals surface area (Å²) in [6.07, 6.45) is 1.50. The van der Waals surface area contributed by atoms with E-state index in [1.165, 1.54) is 12.3 Å². The van der Waals surface area contributed by atoms with Crippen LogP contribution in [0.5, 0.6) is 5.88 Å². The van der Waals surface area contributed by atoms with Crippen LogP contribution in [0.1, 0.15) is 19.7 Å². The smallest absolute Gasteiger partial charge is 0.214 e. The summed E-state index contributed by atoms with van der Waals surface area (Å²) in [4.78, 5) is 7.82. The van der Waals surface area contributed by atoms with Gasteiger partial charge in [-0.15, -0.1) is 0 Å². The van der Waals surface area contributed by atoms with E-state index in [1.54, 1.807) is 7.11 Å². The molecule has 12 heavy (non-hydrogen) atoms. The molecule has 1 heterocycles. The van der Waals surface area contributed by atoms with Crippen molar-refractivity contribution in [3.63, 3.8) is 0 Å². The fourth-order valence-electron chi connectivity index (χ4n) is 0.731. The molecule has 0 aliphatic rings. The van der Waals surface area contributed by atoms with Crippen LogP contribution in [0.4, 0.5) is 0 Å². The number of rotatable bonds is 2. The van der Waals surface area contributed by atoms with Crippen LogP contribution in [-0.4, -0.2) is 22.2 Å². The zero-order valence-electron chi connectivity index (χ0n) is 7.40. The van der Waals surface area contributed by atoms with Crippen molar-refractivity contribution in [1.82, 2.24) is 9.97 Å². The minimum absolute atomic E-state index is 0.0369. The summed E-state index contributed by atoms with van der Waals surface area (Å²) in [6.45, 7) is 3.67. The third-order valence-electron chi connectivity index (χ3n) is 1.69. The number of hydrogen-bond donors (Lipinski definition) is 1. The highest BCUT2D eigenvalue weighted by Crippen LogP contribution is 2.20. The Kier molecular flexibility index (Phi) is 2.28. The van der Waals surface area contributed by atoms with Gasteiger partial charge in [0.25, 0.3) is 0 Å². The molecule has 1 aromatic heterocycles. The molecule has 4 heteroatoms. The van der Waals surface area contributed by atoms with Crippen LogP contribution in [0.2, 0.25) is 0 Å². The highest BCUT2D eigenvalue weighted by Gasteiger charge is 2.22. The van der Waals surface area contributed by atoms with Crippen molar-refractivity contribution in [3.05, 3.63) is 18.1 Å². The van der Waals surface area contributed by atoms with E-state index in [1.807, 2.05) is 13.8 Å². The van der Waals surface area contributed by atoms with Crippen LogP contribution < -0.4 is 0 Å². The third-order valence-corrected chi connectivity index (χ3v) is 1.69. The number of aromatic nitrogens is 2. The normalized spacial score (nSPS) is 11.6. The van der Waals surface area contributed by atoms with Gasteiger partial charge in [-0.3, -0.25) is 0 Å². The molecule has 4 nitrogen and oxygen atoms in total. The van der Waals surface area contributed by atoms with Gasteiger partial charge >= 0.3 is 0 Å². The molecule has 0 radical (unpaired) electrons. The molecule has 0 aliphatic carbocycles. The van der Waals surface area contributed by atoms with Crippen LogP contribution in [0.15, 0.2) is 12.3 Å². The molecule has 66 valence electrons. The number of methoxy groups -OCH3 is 1. The van der Waals surface area contributed by atoms with E-state index in [0.29, 0.717) is 5.82 Å². The molecule has 0 aliphatic heterocycles. The first-order valence-corrected chi connectivity index (χ1v) is 3.64. The predicted octanol–water partition coefficient (Wildman–Crippen LogP) is 1.06. The van der Waals surface area contributed by atoms with Crippen molar-refractivity contribution >= 4 is 0 Å². The standard InChI is InChI=1S/C8H12N2O2/c1-8(2,12-3)7-9-5-4-6(11)10-7/h4-5H,1-3H3,(H,9,10,11). The minimum atomic E-state index is -0.557. The van der Waals surface area contributed by atoms with Gasteiger partial charge in [-0.2, -0.15) is 4.98 Å². The van der Waals surface area contributed by atoms with E-state index in [9.17, 15) is 0 Å². The molecule has 0 unspecified atom stereocenters. The SMILES string of the molecule is COC(C)(C)c1nccc(O)n1. The van der Waals surface area contributed by atoms with Crippen molar-refractivity contribution < 1.29 is 9.84 Å². The molecule has 0 aromatic carbocycles. The predicted molar refractivity (Wildman–Crippen MR) is 43.7 cm³/mol. The van der Waals surface area contributed by atoms with Gasteiger partial charge in [0.2, 0.25) is 5.88 Å². The van der Waals surface area contributed by atoms with E-state index in [-0.39, 0.29) is 5.88 Å². The number of hydrogen-bond acceptors (Lipinski definition) is 4. The van der Waals surface area contributed by atoms with E-state index in [4.69, 9.17) is 9.84 Å². The molecule has 1 aromatic rings. The van der Waals surface area contributed by atoms with E-state index >= 15 is 0 Å². The lowest BCUT2D eigenvalue weighted by atomic mass is 10.1. The topological polar surface area (TPSA) is 55.2 Å². The second kappa shape index (κ2) is 3.06. The monoisotopic (exact) mass is 168 g/mol. The summed E-state index contributed by atoms with van der Waals surface area (Å²) in [7, 11) is 1.58. The first kappa shape index (κ1) is 8.93. The highest BCUT2D eigenvalue weighted by molar-refractivity contribution is 5.09. The Labute approximate surface area is 71.2 Å². The molecule has 0 spiro atoms. The summed E-state index contributed by atoms with van der Waals surface area (Å²) in [5, 5.41) is 9.07. The highest BCUT2D eigenvalue weighted by atomic mass is 16.5. The van der Waals surface area contributed by atoms with Gasteiger partial charge in [-0.05, 0) is 13.8 Å². The van der Waals surface area contributed by atoms with Crippen molar-refractivity contribution in [1.29, 1.82) is 0 Å². The summed E-state index contributed by atoms with van der Waals surface area (Å²) in [5.74, 6) is 0.440. The van der Waals surface area contributed by atoms with Crippen molar-refractivity contribution in [3.8, 4) is 5.88 Å². The Morgan fingerprint density at radius 2 is 2.17 bits per heavy atom. The van der Waals surface area contributed by atoms with Gasteiger partial charge in [-0.25, -0.2) is 4.98 Å². The molecule has 0 amide bonds. The van der Waals surface area contributed by atoms with Crippen LogP contribution >= 0.6 is 0 Å². The molecule has 0 atom stereocenters. The average molecular weight is 168 g/mol. The van der Waals surface area contributed by atoms with Gasteiger partial charge in [0, 0.05) is 19.4 Å². The zero-order valence-corrected chi connectivity index (χ0v) is 7.40. The lowest BCUT2D eigenvalue weighted by Crippen LogP contribution is -2.22. The van der Waals surface area contributed by atoms with Gasteiger partial charge in [0.15, 0.2) is 5.82 Å². The lowest BCUT2D eigenvalue weighted by Gasteiger charge is -2.20. The first-order chi connectivity index (χ1) is 5.56. The maximum absolute atomic E-state index is 9.07. The van der Waals surface area contributed by atoms with Crippen molar-refractivity contribution in [2.75, 3.05) is 7.11 Å². The molecule has 1 N–H and O–H groups in total. The Bertz CT molecular complexity index is 274. The first-order valence-electron chi connectivity index (χ1n) is 3.64. The second-order valence-electron chi connectivity index (χ2n) is 2.95. The molecular weight excluding hydrogens is 156 g/mol. The van der Waals surface area contributed by atoms with Crippen molar-refractivity contribution in [2.45, 2.75) is 19.4 Å². The fourth-order valence-corrected chi connectivity index (χ4v) is 0.731. The van der Waals surface area contributed by atoms with E-state index in [2.05, 4.69) is 9.97 Å². The Hall–Kier alpha value is -1.16. The van der Waals surface area contributed by atoms with Crippen molar-refractivity contribution in [2.24, 2.45) is 0 Å². The van der Waals surface area contributed by atoms with E-state index in [0.717, 1.165) is 0 Å². The number of ether oxygens (including phenoxy) is 1.